The van der Waals surface area contributed by atoms with Crippen LogP contribution >= 0.6 is 0 Å². The molecule has 2 heterocycles. The van der Waals surface area contributed by atoms with Crippen LogP contribution < -0.4 is 0 Å². The fourth-order valence-corrected chi connectivity index (χ4v) is 4.82. The van der Waals surface area contributed by atoms with Gasteiger partial charge in [0.05, 0.1) is 0 Å². The number of rotatable bonds is 5. The number of aryl methyl sites for hydroxylation is 2. The summed E-state index contributed by atoms with van der Waals surface area (Å²) < 4.78 is 2.52. The molecule has 0 aliphatic heterocycles. The van der Waals surface area contributed by atoms with E-state index in [1.165, 1.54) is 49.9 Å². The van der Waals surface area contributed by atoms with Gasteiger partial charge in [0.1, 0.15) is 0 Å². The maximum atomic E-state index is 3.57. The second-order valence-electron chi connectivity index (χ2n) is 8.74. The van der Waals surface area contributed by atoms with Crippen molar-refractivity contribution in [1.82, 2.24) is 9.55 Å². The number of hydrogen-bond acceptors (Lipinski definition) is 0. The molecule has 0 saturated carbocycles. The SMILES string of the molecule is CC(C)=CC(C)c1c(C)c2ccccc2n1C(C)C=Cc1[nH]c2ccccc2c1C. The van der Waals surface area contributed by atoms with Gasteiger partial charge < -0.3 is 9.55 Å². The molecule has 2 atom stereocenters. The molecule has 0 amide bonds. The number of nitrogens with zero attached hydrogens (tertiary/aromatic N) is 1. The minimum atomic E-state index is 0.248. The number of para-hydroxylation sites is 2. The number of fused-ring (bicyclic) bond motifs is 2. The van der Waals surface area contributed by atoms with Gasteiger partial charge in [0.2, 0.25) is 0 Å². The summed E-state index contributed by atoms with van der Waals surface area (Å²) in [5, 5.41) is 2.65. The van der Waals surface area contributed by atoms with E-state index in [1.54, 1.807) is 0 Å². The van der Waals surface area contributed by atoms with Crippen LogP contribution in [0, 0.1) is 13.8 Å². The van der Waals surface area contributed by atoms with Crippen LogP contribution in [0.15, 0.2) is 66.3 Å². The maximum absolute atomic E-state index is 3.57. The summed E-state index contributed by atoms with van der Waals surface area (Å²) in [4.78, 5) is 3.57. The summed E-state index contributed by atoms with van der Waals surface area (Å²) in [6.45, 7) is 13.4. The largest absolute Gasteiger partial charge is 0.355 e. The minimum absolute atomic E-state index is 0.248. The minimum Gasteiger partial charge on any atom is -0.355 e. The number of aromatic nitrogens is 2. The molecule has 2 aromatic heterocycles. The monoisotopic (exact) mass is 396 g/mol. The van der Waals surface area contributed by atoms with Crippen LogP contribution in [0.2, 0.25) is 0 Å². The standard InChI is InChI=1S/C28H32N2/c1-18(2)17-19(3)28-22(6)24-12-8-10-14-27(24)30(28)20(4)15-16-25-21(5)23-11-7-9-13-26(23)29-25/h7-17,19-20,29H,1-6H3. The van der Waals surface area contributed by atoms with Crippen molar-refractivity contribution in [2.75, 3.05) is 0 Å². The number of H-pyrrole nitrogens is 1. The van der Waals surface area contributed by atoms with Crippen molar-refractivity contribution in [3.8, 4) is 0 Å². The number of hydrogen-bond donors (Lipinski definition) is 1. The smallest absolute Gasteiger partial charge is 0.0495 e. The molecule has 0 bridgehead atoms. The fourth-order valence-electron chi connectivity index (χ4n) is 4.82. The molecule has 1 N–H and O–H groups in total. The molecule has 0 fully saturated rings. The lowest BCUT2D eigenvalue weighted by Crippen LogP contribution is -2.09. The molecule has 2 unspecified atom stereocenters. The van der Waals surface area contributed by atoms with Gasteiger partial charge in [0.25, 0.3) is 0 Å². The maximum Gasteiger partial charge on any atom is 0.0495 e. The van der Waals surface area contributed by atoms with Gasteiger partial charge in [0.15, 0.2) is 0 Å². The average Bonchev–Trinajstić information content (AvgIpc) is 3.21. The molecule has 30 heavy (non-hydrogen) atoms. The Balaban J connectivity index is 1.80. The van der Waals surface area contributed by atoms with Crippen LogP contribution in [0.25, 0.3) is 27.9 Å². The van der Waals surface area contributed by atoms with Crippen LogP contribution in [0.1, 0.15) is 62.2 Å². The molecule has 0 spiro atoms. The summed E-state index contributed by atoms with van der Waals surface area (Å²) in [5.74, 6) is 0.369. The van der Waals surface area contributed by atoms with Crippen LogP contribution in [-0.2, 0) is 0 Å². The van der Waals surface area contributed by atoms with Gasteiger partial charge in [-0.25, -0.2) is 0 Å². The molecule has 0 saturated heterocycles. The van der Waals surface area contributed by atoms with Gasteiger partial charge in [-0.05, 0) is 64.0 Å². The molecule has 0 aliphatic rings. The van der Waals surface area contributed by atoms with Crippen LogP contribution in [0.4, 0.5) is 0 Å². The van der Waals surface area contributed by atoms with E-state index in [0.29, 0.717) is 5.92 Å². The Kier molecular flexibility index (Phi) is 5.42. The highest BCUT2D eigenvalue weighted by molar-refractivity contribution is 5.87. The van der Waals surface area contributed by atoms with Gasteiger partial charge in [0, 0.05) is 45.2 Å². The Morgan fingerprint density at radius 1 is 0.900 bits per heavy atom. The van der Waals surface area contributed by atoms with Crippen molar-refractivity contribution in [2.45, 2.75) is 53.5 Å². The molecular formula is C28H32N2. The van der Waals surface area contributed by atoms with Crippen molar-refractivity contribution in [1.29, 1.82) is 0 Å². The predicted octanol–water partition coefficient (Wildman–Crippen LogP) is 8.08. The first-order valence-electron chi connectivity index (χ1n) is 10.9. The average molecular weight is 397 g/mol. The van der Waals surface area contributed by atoms with E-state index >= 15 is 0 Å². The fraction of sp³-hybridized carbons (Fsp3) is 0.286. The lowest BCUT2D eigenvalue weighted by molar-refractivity contribution is 0.637. The second-order valence-corrected chi connectivity index (χ2v) is 8.74. The number of benzene rings is 2. The summed E-state index contributed by atoms with van der Waals surface area (Å²) in [5.41, 5.74) is 9.15. The normalized spacial score (nSPS) is 13.9. The van der Waals surface area contributed by atoms with Crippen LogP contribution in [0.5, 0.6) is 0 Å². The highest BCUT2D eigenvalue weighted by atomic mass is 15.0. The molecule has 2 aromatic carbocycles. The van der Waals surface area contributed by atoms with Crippen LogP contribution in [0.3, 0.4) is 0 Å². The Morgan fingerprint density at radius 2 is 1.57 bits per heavy atom. The molecule has 154 valence electrons. The van der Waals surface area contributed by atoms with E-state index in [2.05, 4.69) is 118 Å². The summed E-state index contributed by atoms with van der Waals surface area (Å²) in [7, 11) is 0. The van der Waals surface area contributed by atoms with Gasteiger partial charge in [-0.2, -0.15) is 0 Å². The van der Waals surface area contributed by atoms with Gasteiger partial charge >= 0.3 is 0 Å². The van der Waals surface area contributed by atoms with Crippen molar-refractivity contribution < 1.29 is 0 Å². The lowest BCUT2D eigenvalue weighted by Gasteiger charge is -2.20. The molecule has 4 rings (SSSR count). The number of aromatic amines is 1. The molecule has 2 heteroatoms. The molecule has 0 radical (unpaired) electrons. The second kappa shape index (κ2) is 8.02. The third-order valence-corrected chi connectivity index (χ3v) is 6.18. The van der Waals surface area contributed by atoms with E-state index < -0.39 is 0 Å². The van der Waals surface area contributed by atoms with Crippen molar-refractivity contribution in [2.24, 2.45) is 0 Å². The summed E-state index contributed by atoms with van der Waals surface area (Å²) in [6, 6.07) is 17.5. The van der Waals surface area contributed by atoms with Gasteiger partial charge in [-0.15, -0.1) is 0 Å². The zero-order chi connectivity index (χ0) is 21.4. The lowest BCUT2D eigenvalue weighted by atomic mass is 10.00. The van der Waals surface area contributed by atoms with Crippen LogP contribution in [-0.4, -0.2) is 9.55 Å². The molecule has 2 nitrogen and oxygen atoms in total. The highest BCUT2D eigenvalue weighted by Crippen LogP contribution is 2.35. The van der Waals surface area contributed by atoms with Crippen molar-refractivity contribution in [3.63, 3.8) is 0 Å². The summed E-state index contributed by atoms with van der Waals surface area (Å²) >= 11 is 0. The van der Waals surface area contributed by atoms with E-state index in [1.807, 2.05) is 0 Å². The highest BCUT2D eigenvalue weighted by Gasteiger charge is 2.20. The summed E-state index contributed by atoms with van der Waals surface area (Å²) in [6.07, 6.45) is 6.94. The molecule has 4 aromatic rings. The Bertz CT molecular complexity index is 1260. The Hall–Kier alpha value is -3.00. The van der Waals surface area contributed by atoms with E-state index in [-0.39, 0.29) is 6.04 Å². The Labute approximate surface area is 179 Å². The zero-order valence-electron chi connectivity index (χ0n) is 19.0. The van der Waals surface area contributed by atoms with Crippen molar-refractivity contribution in [3.05, 3.63) is 88.8 Å². The topological polar surface area (TPSA) is 20.7 Å². The third kappa shape index (κ3) is 3.52. The Morgan fingerprint density at radius 3 is 2.27 bits per heavy atom. The number of allylic oxidation sites excluding steroid dienone is 3. The molecule has 0 aliphatic carbocycles. The van der Waals surface area contributed by atoms with Gasteiger partial charge in [-0.1, -0.05) is 61.0 Å². The van der Waals surface area contributed by atoms with E-state index in [4.69, 9.17) is 0 Å². The quantitative estimate of drug-likeness (QED) is 0.329. The first kappa shape index (κ1) is 20.3. The first-order chi connectivity index (χ1) is 14.4. The van der Waals surface area contributed by atoms with E-state index in [9.17, 15) is 0 Å². The van der Waals surface area contributed by atoms with Gasteiger partial charge in [-0.3, -0.25) is 0 Å². The van der Waals surface area contributed by atoms with E-state index in [0.717, 1.165) is 0 Å². The first-order valence-corrected chi connectivity index (χ1v) is 10.9. The predicted molar refractivity (Wildman–Crippen MR) is 131 cm³/mol. The number of nitrogens with one attached hydrogen (secondary N) is 1. The molecular weight excluding hydrogens is 364 g/mol. The van der Waals surface area contributed by atoms with Crippen molar-refractivity contribution >= 4 is 27.9 Å². The zero-order valence-corrected chi connectivity index (χ0v) is 19.0. The third-order valence-electron chi connectivity index (χ3n) is 6.18.